The predicted molar refractivity (Wildman–Crippen MR) is 74.1 cm³/mol. The zero-order chi connectivity index (χ0) is 14.0. The van der Waals surface area contributed by atoms with E-state index in [2.05, 4.69) is 0 Å². The van der Waals surface area contributed by atoms with E-state index in [-0.39, 0.29) is 12.2 Å². The molecule has 5 heteroatoms. The first kappa shape index (κ1) is 14.3. The van der Waals surface area contributed by atoms with Crippen molar-refractivity contribution in [3.8, 4) is 0 Å². The van der Waals surface area contributed by atoms with Gasteiger partial charge in [-0.05, 0) is 58.0 Å². The molecule has 1 unspecified atom stereocenters. The molecule has 0 aliphatic rings. The molecule has 0 fully saturated rings. The van der Waals surface area contributed by atoms with Crippen molar-refractivity contribution in [3.05, 3.63) is 68.5 Å². The van der Waals surface area contributed by atoms with Gasteiger partial charge in [0.15, 0.2) is 11.6 Å². The third-order valence-electron chi connectivity index (χ3n) is 2.73. The SMILES string of the molecule is OC(Cc1ccc(F)c(F)c1)c1ccc(F)cc1I. The fraction of sp³-hybridized carbons (Fsp3) is 0.143. The fourth-order valence-corrected chi connectivity index (χ4v) is 2.61. The molecule has 19 heavy (non-hydrogen) atoms. The maximum Gasteiger partial charge on any atom is 0.159 e. The van der Waals surface area contributed by atoms with Crippen LogP contribution in [0.5, 0.6) is 0 Å². The molecule has 2 rings (SSSR count). The molecule has 100 valence electrons. The molecule has 0 aromatic heterocycles. The summed E-state index contributed by atoms with van der Waals surface area (Å²) in [6, 6.07) is 7.54. The van der Waals surface area contributed by atoms with Crippen LogP contribution in [-0.4, -0.2) is 5.11 Å². The molecule has 0 saturated carbocycles. The molecule has 0 spiro atoms. The Morgan fingerprint density at radius 2 is 1.74 bits per heavy atom. The highest BCUT2D eigenvalue weighted by Gasteiger charge is 2.14. The van der Waals surface area contributed by atoms with Gasteiger partial charge in [0.05, 0.1) is 6.10 Å². The van der Waals surface area contributed by atoms with Gasteiger partial charge < -0.3 is 5.11 Å². The minimum absolute atomic E-state index is 0.138. The Balaban J connectivity index is 2.20. The molecule has 1 atom stereocenters. The molecule has 0 saturated heterocycles. The normalized spacial score (nSPS) is 12.5. The Hall–Kier alpha value is -1.08. The Kier molecular flexibility index (Phi) is 4.46. The van der Waals surface area contributed by atoms with E-state index in [1.807, 2.05) is 22.6 Å². The van der Waals surface area contributed by atoms with Gasteiger partial charge in [-0.15, -0.1) is 0 Å². The quantitative estimate of drug-likeness (QED) is 0.802. The standard InChI is InChI=1S/C14H10F3IO/c15-9-2-3-10(13(18)7-9)14(19)6-8-1-4-11(16)12(17)5-8/h1-5,7,14,19H,6H2. The summed E-state index contributed by atoms with van der Waals surface area (Å²) in [6.07, 6.45) is -0.754. The minimum Gasteiger partial charge on any atom is -0.388 e. The van der Waals surface area contributed by atoms with Gasteiger partial charge in [-0.25, -0.2) is 13.2 Å². The second-order valence-corrected chi connectivity index (χ2v) is 5.30. The van der Waals surface area contributed by atoms with Crippen molar-refractivity contribution in [1.82, 2.24) is 0 Å². The van der Waals surface area contributed by atoms with Crippen molar-refractivity contribution in [2.24, 2.45) is 0 Å². The van der Waals surface area contributed by atoms with Gasteiger partial charge in [-0.3, -0.25) is 0 Å². The van der Waals surface area contributed by atoms with E-state index in [9.17, 15) is 18.3 Å². The average molecular weight is 378 g/mol. The summed E-state index contributed by atoms with van der Waals surface area (Å²) in [4.78, 5) is 0. The Bertz CT molecular complexity index is 601. The Morgan fingerprint density at radius 3 is 2.37 bits per heavy atom. The van der Waals surface area contributed by atoms with Crippen LogP contribution >= 0.6 is 22.6 Å². The molecular formula is C14H10F3IO. The number of hydrogen-bond acceptors (Lipinski definition) is 1. The van der Waals surface area contributed by atoms with E-state index in [1.54, 1.807) is 0 Å². The summed E-state index contributed by atoms with van der Waals surface area (Å²) in [7, 11) is 0. The molecule has 1 nitrogen and oxygen atoms in total. The third-order valence-corrected chi connectivity index (χ3v) is 3.67. The number of halogens is 4. The van der Waals surface area contributed by atoms with E-state index < -0.39 is 17.7 Å². The van der Waals surface area contributed by atoms with Gasteiger partial charge in [0, 0.05) is 9.99 Å². The highest BCUT2D eigenvalue weighted by molar-refractivity contribution is 14.1. The van der Waals surface area contributed by atoms with Crippen LogP contribution in [0.25, 0.3) is 0 Å². The largest absolute Gasteiger partial charge is 0.388 e. The number of rotatable bonds is 3. The first-order chi connectivity index (χ1) is 8.97. The highest BCUT2D eigenvalue weighted by atomic mass is 127. The second-order valence-electron chi connectivity index (χ2n) is 4.13. The lowest BCUT2D eigenvalue weighted by Crippen LogP contribution is -2.05. The molecule has 0 amide bonds. The third kappa shape index (κ3) is 3.48. The first-order valence-electron chi connectivity index (χ1n) is 5.54. The zero-order valence-corrected chi connectivity index (χ0v) is 11.9. The topological polar surface area (TPSA) is 20.2 Å². The molecular weight excluding hydrogens is 368 g/mol. The van der Waals surface area contributed by atoms with Gasteiger partial charge >= 0.3 is 0 Å². The van der Waals surface area contributed by atoms with Crippen LogP contribution in [0.2, 0.25) is 0 Å². The van der Waals surface area contributed by atoms with E-state index >= 15 is 0 Å². The number of aliphatic hydroxyl groups is 1. The Morgan fingerprint density at radius 1 is 1.00 bits per heavy atom. The van der Waals surface area contributed by atoms with Gasteiger partial charge in [0.25, 0.3) is 0 Å². The maximum atomic E-state index is 13.1. The second kappa shape index (κ2) is 5.92. The lowest BCUT2D eigenvalue weighted by Gasteiger charge is -2.13. The van der Waals surface area contributed by atoms with Crippen molar-refractivity contribution in [1.29, 1.82) is 0 Å². The van der Waals surface area contributed by atoms with Crippen LogP contribution in [0.15, 0.2) is 36.4 Å². The van der Waals surface area contributed by atoms with Crippen molar-refractivity contribution in [2.45, 2.75) is 12.5 Å². The van der Waals surface area contributed by atoms with Crippen molar-refractivity contribution >= 4 is 22.6 Å². The Labute approximate surface area is 122 Å². The minimum atomic E-state index is -0.946. The molecule has 0 bridgehead atoms. The van der Waals surface area contributed by atoms with Gasteiger partial charge in [0.2, 0.25) is 0 Å². The number of hydrogen-bond donors (Lipinski definition) is 1. The average Bonchev–Trinajstić information content (AvgIpc) is 2.33. The highest BCUT2D eigenvalue weighted by Crippen LogP contribution is 2.24. The molecule has 0 aliphatic heterocycles. The lowest BCUT2D eigenvalue weighted by molar-refractivity contribution is 0.177. The van der Waals surface area contributed by atoms with Crippen molar-refractivity contribution in [2.75, 3.05) is 0 Å². The zero-order valence-electron chi connectivity index (χ0n) is 9.71. The summed E-state index contributed by atoms with van der Waals surface area (Å²) in [5.41, 5.74) is 1.04. The first-order valence-corrected chi connectivity index (χ1v) is 6.62. The van der Waals surface area contributed by atoms with Gasteiger partial charge in [-0.2, -0.15) is 0 Å². The summed E-state index contributed by atoms with van der Waals surface area (Å²) < 4.78 is 39.4. The van der Waals surface area contributed by atoms with Crippen molar-refractivity contribution < 1.29 is 18.3 Å². The van der Waals surface area contributed by atoms with E-state index in [0.717, 1.165) is 12.1 Å². The van der Waals surface area contributed by atoms with Crippen LogP contribution in [0.4, 0.5) is 13.2 Å². The van der Waals surface area contributed by atoms with Crippen LogP contribution in [-0.2, 0) is 6.42 Å². The van der Waals surface area contributed by atoms with Crippen LogP contribution in [0.3, 0.4) is 0 Å². The van der Waals surface area contributed by atoms with E-state index in [4.69, 9.17) is 0 Å². The van der Waals surface area contributed by atoms with E-state index in [0.29, 0.717) is 14.7 Å². The fourth-order valence-electron chi connectivity index (χ4n) is 1.77. The van der Waals surface area contributed by atoms with Gasteiger partial charge in [0.1, 0.15) is 5.82 Å². The van der Waals surface area contributed by atoms with Crippen LogP contribution in [0.1, 0.15) is 17.2 Å². The monoisotopic (exact) mass is 378 g/mol. The molecule has 2 aromatic carbocycles. The van der Waals surface area contributed by atoms with E-state index in [1.165, 1.54) is 24.3 Å². The molecule has 0 radical (unpaired) electrons. The summed E-state index contributed by atoms with van der Waals surface area (Å²) >= 11 is 1.92. The molecule has 0 aliphatic carbocycles. The molecule has 1 N–H and O–H groups in total. The summed E-state index contributed by atoms with van der Waals surface area (Å²) in [5.74, 6) is -2.25. The van der Waals surface area contributed by atoms with Gasteiger partial charge in [-0.1, -0.05) is 12.1 Å². The number of aliphatic hydroxyl groups excluding tert-OH is 1. The summed E-state index contributed by atoms with van der Waals surface area (Å²) in [6.45, 7) is 0. The lowest BCUT2D eigenvalue weighted by atomic mass is 10.0. The maximum absolute atomic E-state index is 13.1. The van der Waals surface area contributed by atoms with Crippen molar-refractivity contribution in [3.63, 3.8) is 0 Å². The smallest absolute Gasteiger partial charge is 0.159 e. The summed E-state index contributed by atoms with van der Waals surface area (Å²) in [5, 5.41) is 10.1. The predicted octanol–water partition coefficient (Wildman–Crippen LogP) is 3.98. The molecule has 0 heterocycles. The van der Waals surface area contributed by atoms with Crippen LogP contribution < -0.4 is 0 Å². The number of benzene rings is 2. The van der Waals surface area contributed by atoms with Crippen LogP contribution in [0, 0.1) is 21.0 Å². The molecule has 2 aromatic rings.